The number of hydrogen-bond donors (Lipinski definition) is 0. The van der Waals surface area contributed by atoms with Gasteiger partial charge in [0.15, 0.2) is 0 Å². The van der Waals surface area contributed by atoms with Crippen LogP contribution in [0.25, 0.3) is 22.3 Å². The van der Waals surface area contributed by atoms with Gasteiger partial charge in [0.05, 0.1) is 0 Å². The van der Waals surface area contributed by atoms with E-state index in [1.807, 2.05) is 0 Å². The van der Waals surface area contributed by atoms with Crippen molar-refractivity contribution < 1.29 is 0 Å². The van der Waals surface area contributed by atoms with E-state index in [0.717, 1.165) is 11.4 Å². The van der Waals surface area contributed by atoms with Crippen LogP contribution in [0.15, 0.2) is 200 Å². The van der Waals surface area contributed by atoms with Crippen LogP contribution in [0.5, 0.6) is 0 Å². The highest BCUT2D eigenvalue weighted by atomic mass is 15.2. The van der Waals surface area contributed by atoms with Gasteiger partial charge in [-0.05, 0) is 98.3 Å². The molecule has 256 valence electrons. The van der Waals surface area contributed by atoms with Crippen molar-refractivity contribution in [3.05, 3.63) is 211 Å². The second-order valence-corrected chi connectivity index (χ2v) is 15.0. The molecule has 2 aliphatic rings. The molecular weight excluding hydrogens is 651 g/mol. The van der Waals surface area contributed by atoms with Gasteiger partial charge in [0.25, 0.3) is 6.71 Å². The Labute approximate surface area is 318 Å². The lowest BCUT2D eigenvalue weighted by molar-refractivity contribution is 0.641. The van der Waals surface area contributed by atoms with Crippen LogP contribution in [0.2, 0.25) is 0 Å². The first-order valence-corrected chi connectivity index (χ1v) is 18.9. The van der Waals surface area contributed by atoms with Crippen molar-refractivity contribution in [2.24, 2.45) is 0 Å². The Morgan fingerprint density at radius 2 is 0.722 bits per heavy atom. The summed E-state index contributed by atoms with van der Waals surface area (Å²) in [5.41, 5.74) is 18.3. The van der Waals surface area contributed by atoms with Crippen molar-refractivity contribution in [3.8, 4) is 22.3 Å². The van der Waals surface area contributed by atoms with E-state index in [4.69, 9.17) is 0 Å². The van der Waals surface area contributed by atoms with E-state index in [1.165, 1.54) is 72.5 Å². The minimum absolute atomic E-state index is 0.0796. The highest BCUT2D eigenvalue weighted by molar-refractivity contribution is 7.00. The summed E-state index contributed by atoms with van der Waals surface area (Å²) < 4.78 is 0. The summed E-state index contributed by atoms with van der Waals surface area (Å²) in [5, 5.41) is 0. The first-order chi connectivity index (χ1) is 26.6. The maximum atomic E-state index is 2.51. The number of fused-ring (bicyclic) bond motifs is 4. The Kier molecular flexibility index (Phi) is 7.62. The summed E-state index contributed by atoms with van der Waals surface area (Å²) in [4.78, 5) is 5.02. The van der Waals surface area contributed by atoms with Gasteiger partial charge in [-0.3, -0.25) is 0 Å². The lowest BCUT2D eigenvalue weighted by atomic mass is 9.33. The fourth-order valence-corrected chi connectivity index (χ4v) is 8.70. The number of benzene rings is 8. The summed E-state index contributed by atoms with van der Waals surface area (Å²) in [6, 6.07) is 73.4. The molecule has 0 radical (unpaired) electrons. The Hall–Kier alpha value is -6.58. The third-order valence-electron chi connectivity index (χ3n) is 11.6. The third kappa shape index (κ3) is 5.19. The highest BCUT2D eigenvalue weighted by Crippen LogP contribution is 2.47. The van der Waals surface area contributed by atoms with E-state index in [1.54, 1.807) is 0 Å². The molecule has 0 fully saturated rings. The zero-order valence-corrected chi connectivity index (χ0v) is 30.5. The maximum absolute atomic E-state index is 2.51. The van der Waals surface area contributed by atoms with Gasteiger partial charge < -0.3 is 9.80 Å². The van der Waals surface area contributed by atoms with Gasteiger partial charge in [0.2, 0.25) is 0 Å². The van der Waals surface area contributed by atoms with Crippen LogP contribution >= 0.6 is 0 Å². The minimum Gasteiger partial charge on any atom is -0.311 e. The van der Waals surface area contributed by atoms with Crippen LogP contribution in [0.4, 0.5) is 34.1 Å². The second-order valence-electron chi connectivity index (χ2n) is 15.0. The average Bonchev–Trinajstić information content (AvgIpc) is 3.24. The van der Waals surface area contributed by atoms with Gasteiger partial charge in [-0.25, -0.2) is 0 Å². The summed E-state index contributed by atoms with van der Waals surface area (Å²) in [7, 11) is 0. The van der Waals surface area contributed by atoms with Gasteiger partial charge in [0.1, 0.15) is 0 Å². The highest BCUT2D eigenvalue weighted by Gasteiger charge is 2.44. The summed E-state index contributed by atoms with van der Waals surface area (Å²) >= 11 is 0. The molecule has 0 bridgehead atoms. The topological polar surface area (TPSA) is 6.48 Å². The third-order valence-corrected chi connectivity index (χ3v) is 11.6. The van der Waals surface area contributed by atoms with Crippen LogP contribution in [0.3, 0.4) is 0 Å². The van der Waals surface area contributed by atoms with E-state index in [2.05, 4.69) is 224 Å². The van der Waals surface area contributed by atoms with Gasteiger partial charge in [0, 0.05) is 39.5 Å². The van der Waals surface area contributed by atoms with E-state index in [-0.39, 0.29) is 12.1 Å². The van der Waals surface area contributed by atoms with Crippen LogP contribution in [-0.4, -0.2) is 6.71 Å². The van der Waals surface area contributed by atoms with Crippen LogP contribution in [0, 0.1) is 0 Å². The van der Waals surface area contributed by atoms with Crippen LogP contribution in [0.1, 0.15) is 25.0 Å². The monoisotopic (exact) mass is 690 g/mol. The predicted octanol–water partition coefficient (Wildman–Crippen LogP) is 11.4. The molecular formula is C51H39BN2. The molecule has 2 nitrogen and oxygen atoms in total. The summed E-state index contributed by atoms with van der Waals surface area (Å²) in [6.45, 7) is 4.80. The molecule has 0 atom stereocenters. The van der Waals surface area contributed by atoms with E-state index < -0.39 is 0 Å². The molecule has 3 heteroatoms. The second kappa shape index (κ2) is 12.8. The SMILES string of the molecule is CC(C)(c1ccccc1)c1cc2c3c(c1)N(c1ccc(-c4ccccc4)cc1)c1ccccc1B3c1ccccc1N2c1ccc(-c2ccccc2)cc1. The van der Waals surface area contributed by atoms with E-state index in [9.17, 15) is 0 Å². The Balaban J connectivity index is 1.23. The molecule has 0 amide bonds. The minimum atomic E-state index is -0.262. The summed E-state index contributed by atoms with van der Waals surface area (Å²) in [5.74, 6) is 0. The Morgan fingerprint density at radius 3 is 1.17 bits per heavy atom. The summed E-state index contributed by atoms with van der Waals surface area (Å²) in [6.07, 6.45) is 0. The molecule has 54 heavy (non-hydrogen) atoms. The number of hydrogen-bond acceptors (Lipinski definition) is 2. The van der Waals surface area contributed by atoms with E-state index >= 15 is 0 Å². The number of nitrogens with zero attached hydrogens (tertiary/aromatic N) is 2. The molecule has 0 aliphatic carbocycles. The molecule has 0 saturated heterocycles. The molecule has 0 spiro atoms. The van der Waals surface area contributed by atoms with Gasteiger partial charge in [-0.2, -0.15) is 0 Å². The van der Waals surface area contributed by atoms with Crippen molar-refractivity contribution in [3.63, 3.8) is 0 Å². The normalized spacial score (nSPS) is 12.9. The standard InChI is InChI=1S/C51H39BN2/c1-51(2,40-20-10-5-11-21-40)41-34-48-50-49(35-41)54(43-32-28-39(29-33-43)37-18-8-4-9-19-37)47-25-15-13-23-45(47)52(50)44-22-12-14-24-46(44)53(48)42-30-26-38(27-31-42)36-16-6-3-7-17-36/h3-35H,1-2H3. The largest absolute Gasteiger partial charge is 0.311 e. The van der Waals surface area contributed by atoms with Gasteiger partial charge in [-0.15, -0.1) is 0 Å². The molecule has 2 aliphatic heterocycles. The zero-order valence-electron chi connectivity index (χ0n) is 30.5. The Morgan fingerprint density at radius 1 is 0.352 bits per heavy atom. The maximum Gasteiger partial charge on any atom is 0.252 e. The van der Waals surface area contributed by atoms with Crippen molar-refractivity contribution in [2.45, 2.75) is 19.3 Å². The fourth-order valence-electron chi connectivity index (χ4n) is 8.70. The molecule has 0 aromatic heterocycles. The quantitative estimate of drug-likeness (QED) is 0.160. The molecule has 0 N–H and O–H groups in total. The molecule has 8 aromatic rings. The number of rotatable bonds is 6. The first kappa shape index (κ1) is 32.1. The van der Waals surface area contributed by atoms with Crippen LogP contribution < -0.4 is 26.2 Å². The zero-order chi connectivity index (χ0) is 36.2. The molecule has 0 saturated carbocycles. The smallest absolute Gasteiger partial charge is 0.252 e. The van der Waals surface area contributed by atoms with Crippen molar-refractivity contribution in [2.75, 3.05) is 9.80 Å². The van der Waals surface area contributed by atoms with E-state index in [0.29, 0.717) is 0 Å². The predicted molar refractivity (Wildman–Crippen MR) is 230 cm³/mol. The Bertz CT molecular complexity index is 2460. The van der Waals surface area contributed by atoms with Gasteiger partial charge in [-0.1, -0.05) is 166 Å². The van der Waals surface area contributed by atoms with Crippen molar-refractivity contribution in [1.29, 1.82) is 0 Å². The molecule has 10 rings (SSSR count). The fraction of sp³-hybridized carbons (Fsp3) is 0.0588. The first-order valence-electron chi connectivity index (χ1n) is 18.9. The van der Waals surface area contributed by atoms with Crippen molar-refractivity contribution in [1.82, 2.24) is 0 Å². The van der Waals surface area contributed by atoms with Crippen molar-refractivity contribution >= 4 is 57.2 Å². The average molecular weight is 691 g/mol. The number of anilines is 6. The molecule has 0 unspecified atom stereocenters. The molecule has 2 heterocycles. The lowest BCUT2D eigenvalue weighted by Crippen LogP contribution is -2.61. The lowest BCUT2D eigenvalue weighted by Gasteiger charge is -2.45. The van der Waals surface area contributed by atoms with Crippen LogP contribution in [-0.2, 0) is 5.41 Å². The molecule has 8 aromatic carbocycles. The van der Waals surface area contributed by atoms with Gasteiger partial charge >= 0.3 is 0 Å². The number of para-hydroxylation sites is 2.